The first-order chi connectivity index (χ1) is 9.22. The molecule has 2 N–H and O–H groups in total. The van der Waals surface area contributed by atoms with Crippen LogP contribution in [0.4, 0.5) is 5.69 Å². The highest BCUT2D eigenvalue weighted by Crippen LogP contribution is 2.30. The van der Waals surface area contributed by atoms with E-state index in [9.17, 15) is 0 Å². The number of benzene rings is 2. The molecule has 1 heterocycles. The number of halogens is 1. The lowest BCUT2D eigenvalue weighted by molar-refractivity contribution is 1.40. The molecule has 94 valence electrons. The molecule has 0 aliphatic heterocycles. The maximum atomic E-state index is 5.80. The lowest BCUT2D eigenvalue weighted by Crippen LogP contribution is -1.85. The van der Waals surface area contributed by atoms with Gasteiger partial charge in [0.05, 0.1) is 5.69 Å². The summed E-state index contributed by atoms with van der Waals surface area (Å²) in [5, 5.41) is 3.06. The fourth-order valence-electron chi connectivity index (χ4n) is 1.83. The molecular weight excluding hydrogens is 320 g/mol. The second kappa shape index (κ2) is 5.15. The Bertz CT molecular complexity index is 704. The smallest absolute Gasteiger partial charge is 0.124 e. The summed E-state index contributed by atoms with van der Waals surface area (Å²) in [6, 6.07) is 16.0. The van der Waals surface area contributed by atoms with Crippen LogP contribution in [0.5, 0.6) is 0 Å². The zero-order valence-electron chi connectivity index (χ0n) is 10.0. The monoisotopic (exact) mass is 330 g/mol. The minimum absolute atomic E-state index is 0.762. The second-order valence-electron chi connectivity index (χ2n) is 4.17. The normalized spacial score (nSPS) is 10.6. The van der Waals surface area contributed by atoms with Gasteiger partial charge in [0.1, 0.15) is 5.01 Å². The first-order valence-electron chi connectivity index (χ1n) is 5.80. The van der Waals surface area contributed by atoms with Crippen molar-refractivity contribution in [3.63, 3.8) is 0 Å². The Kier molecular flexibility index (Phi) is 3.36. The number of aromatic nitrogens is 1. The van der Waals surface area contributed by atoms with Crippen LogP contribution in [0.2, 0.25) is 0 Å². The molecule has 0 spiro atoms. The Morgan fingerprint density at radius 2 is 1.79 bits per heavy atom. The lowest BCUT2D eigenvalue weighted by Gasteiger charge is -1.98. The van der Waals surface area contributed by atoms with Crippen LogP contribution in [-0.2, 0) is 0 Å². The predicted octanol–water partition coefficient (Wildman–Crippen LogP) is 4.82. The molecule has 0 fully saturated rings. The predicted molar refractivity (Wildman–Crippen MR) is 85.1 cm³/mol. The standard InChI is InChI=1S/C15H11BrN2S/c16-12-6-4-10(5-7-12)14-9-19-15(18-14)11-2-1-3-13(17)8-11/h1-9H,17H2. The summed E-state index contributed by atoms with van der Waals surface area (Å²) in [4.78, 5) is 4.67. The number of rotatable bonds is 2. The fraction of sp³-hybridized carbons (Fsp3) is 0. The molecule has 0 bridgehead atoms. The number of nitrogen functional groups attached to an aromatic ring is 1. The molecule has 0 saturated carbocycles. The number of nitrogens with zero attached hydrogens (tertiary/aromatic N) is 1. The molecule has 0 aliphatic rings. The summed E-state index contributed by atoms with van der Waals surface area (Å²) >= 11 is 5.07. The van der Waals surface area contributed by atoms with E-state index in [1.165, 1.54) is 0 Å². The molecule has 0 saturated heterocycles. The highest BCUT2D eigenvalue weighted by atomic mass is 79.9. The molecular formula is C15H11BrN2S. The van der Waals surface area contributed by atoms with Gasteiger partial charge >= 0.3 is 0 Å². The molecule has 0 unspecified atom stereocenters. The van der Waals surface area contributed by atoms with E-state index < -0.39 is 0 Å². The van der Waals surface area contributed by atoms with Crippen LogP contribution in [0.1, 0.15) is 0 Å². The van der Waals surface area contributed by atoms with E-state index in [2.05, 4.69) is 38.4 Å². The van der Waals surface area contributed by atoms with Gasteiger partial charge in [0.15, 0.2) is 0 Å². The Balaban J connectivity index is 1.97. The van der Waals surface area contributed by atoms with E-state index >= 15 is 0 Å². The van der Waals surface area contributed by atoms with Crippen molar-refractivity contribution in [1.29, 1.82) is 0 Å². The van der Waals surface area contributed by atoms with Crippen molar-refractivity contribution in [2.75, 3.05) is 5.73 Å². The van der Waals surface area contributed by atoms with Crippen LogP contribution in [0, 0.1) is 0 Å². The number of hydrogen-bond donors (Lipinski definition) is 1. The number of thiazole rings is 1. The number of hydrogen-bond acceptors (Lipinski definition) is 3. The Morgan fingerprint density at radius 1 is 1.00 bits per heavy atom. The second-order valence-corrected chi connectivity index (χ2v) is 5.94. The van der Waals surface area contributed by atoms with E-state index in [0.29, 0.717) is 0 Å². The van der Waals surface area contributed by atoms with Gasteiger partial charge in [-0.2, -0.15) is 0 Å². The van der Waals surface area contributed by atoms with Crippen LogP contribution in [0.15, 0.2) is 58.4 Å². The van der Waals surface area contributed by atoms with Gasteiger partial charge in [-0.1, -0.05) is 40.2 Å². The summed E-state index contributed by atoms with van der Waals surface area (Å²) in [6.07, 6.45) is 0. The van der Waals surface area contributed by atoms with Crippen molar-refractivity contribution in [1.82, 2.24) is 4.98 Å². The minimum atomic E-state index is 0.762. The number of anilines is 1. The van der Waals surface area contributed by atoms with E-state index in [-0.39, 0.29) is 0 Å². The maximum Gasteiger partial charge on any atom is 0.124 e. The van der Waals surface area contributed by atoms with Crippen molar-refractivity contribution in [2.45, 2.75) is 0 Å². The molecule has 0 radical (unpaired) electrons. The molecule has 3 aromatic rings. The Morgan fingerprint density at radius 3 is 2.53 bits per heavy atom. The first kappa shape index (κ1) is 12.4. The highest BCUT2D eigenvalue weighted by Gasteiger charge is 2.06. The quantitative estimate of drug-likeness (QED) is 0.684. The summed E-state index contributed by atoms with van der Waals surface area (Å²) in [5.74, 6) is 0. The van der Waals surface area contributed by atoms with Gasteiger partial charge in [0.25, 0.3) is 0 Å². The van der Waals surface area contributed by atoms with Gasteiger partial charge in [-0.05, 0) is 24.3 Å². The third kappa shape index (κ3) is 2.69. The van der Waals surface area contributed by atoms with Crippen LogP contribution in [0.3, 0.4) is 0 Å². The molecule has 0 aliphatic carbocycles. The molecule has 3 rings (SSSR count). The van der Waals surface area contributed by atoms with E-state index in [1.807, 2.05) is 36.4 Å². The van der Waals surface area contributed by atoms with Crippen molar-refractivity contribution in [3.8, 4) is 21.8 Å². The molecule has 0 atom stereocenters. The zero-order chi connectivity index (χ0) is 13.2. The third-order valence-electron chi connectivity index (χ3n) is 2.78. The largest absolute Gasteiger partial charge is 0.399 e. The van der Waals surface area contributed by atoms with Crippen LogP contribution in [-0.4, -0.2) is 4.98 Å². The topological polar surface area (TPSA) is 38.9 Å². The van der Waals surface area contributed by atoms with Crippen LogP contribution in [0.25, 0.3) is 21.8 Å². The van der Waals surface area contributed by atoms with Gasteiger partial charge in [-0.15, -0.1) is 11.3 Å². The lowest BCUT2D eigenvalue weighted by atomic mass is 10.2. The summed E-state index contributed by atoms with van der Waals surface area (Å²) in [5.41, 5.74) is 9.74. The first-order valence-corrected chi connectivity index (χ1v) is 7.47. The molecule has 0 amide bonds. The molecule has 4 heteroatoms. The zero-order valence-corrected chi connectivity index (χ0v) is 12.4. The fourth-order valence-corrected chi connectivity index (χ4v) is 2.92. The van der Waals surface area contributed by atoms with Gasteiger partial charge in [-0.25, -0.2) is 4.98 Å². The Hall–Kier alpha value is -1.65. The SMILES string of the molecule is Nc1cccc(-c2nc(-c3ccc(Br)cc3)cs2)c1. The molecule has 1 aromatic heterocycles. The van der Waals surface area contributed by atoms with Crippen molar-refractivity contribution >= 4 is 33.0 Å². The third-order valence-corrected chi connectivity index (χ3v) is 4.20. The van der Waals surface area contributed by atoms with Crippen molar-refractivity contribution < 1.29 is 0 Å². The minimum Gasteiger partial charge on any atom is -0.399 e. The highest BCUT2D eigenvalue weighted by molar-refractivity contribution is 9.10. The summed E-state index contributed by atoms with van der Waals surface area (Å²) in [6.45, 7) is 0. The molecule has 19 heavy (non-hydrogen) atoms. The van der Waals surface area contributed by atoms with E-state index in [0.717, 1.165) is 32.0 Å². The number of nitrogens with two attached hydrogens (primary N) is 1. The average molecular weight is 331 g/mol. The summed E-state index contributed by atoms with van der Waals surface area (Å²) < 4.78 is 1.07. The van der Waals surface area contributed by atoms with E-state index in [1.54, 1.807) is 11.3 Å². The van der Waals surface area contributed by atoms with Crippen molar-refractivity contribution in [2.24, 2.45) is 0 Å². The van der Waals surface area contributed by atoms with Gasteiger partial charge in [0.2, 0.25) is 0 Å². The van der Waals surface area contributed by atoms with Gasteiger partial charge in [0, 0.05) is 26.7 Å². The summed E-state index contributed by atoms with van der Waals surface area (Å²) in [7, 11) is 0. The molecule has 2 aromatic carbocycles. The maximum absolute atomic E-state index is 5.80. The van der Waals surface area contributed by atoms with Gasteiger partial charge < -0.3 is 5.73 Å². The van der Waals surface area contributed by atoms with Gasteiger partial charge in [-0.3, -0.25) is 0 Å². The molecule has 2 nitrogen and oxygen atoms in total. The van der Waals surface area contributed by atoms with Crippen molar-refractivity contribution in [3.05, 3.63) is 58.4 Å². The Labute approximate surface area is 124 Å². The van der Waals surface area contributed by atoms with E-state index in [4.69, 9.17) is 5.73 Å². The average Bonchev–Trinajstić information content (AvgIpc) is 2.89. The van der Waals surface area contributed by atoms with Crippen LogP contribution < -0.4 is 5.73 Å². The van der Waals surface area contributed by atoms with Crippen LogP contribution >= 0.6 is 27.3 Å².